The number of fused-ring (bicyclic) bond motifs is 1. The maximum absolute atomic E-state index is 13.4. The molecule has 0 saturated heterocycles. The van der Waals surface area contributed by atoms with Gasteiger partial charge in [0, 0.05) is 43.5 Å². The summed E-state index contributed by atoms with van der Waals surface area (Å²) in [5.41, 5.74) is 4.09. The number of ether oxygens (including phenoxy) is 1. The van der Waals surface area contributed by atoms with Crippen molar-refractivity contribution in [1.29, 1.82) is 0 Å². The lowest BCUT2D eigenvalue weighted by molar-refractivity contribution is 0.242. The van der Waals surface area contributed by atoms with Gasteiger partial charge in [-0.1, -0.05) is 12.1 Å². The molecular weight excluding hydrogens is 343 g/mol. The molecule has 0 atom stereocenters. The number of nitrogens with zero attached hydrogens (tertiary/aromatic N) is 3. The van der Waals surface area contributed by atoms with E-state index >= 15 is 0 Å². The van der Waals surface area contributed by atoms with Gasteiger partial charge in [0.15, 0.2) is 0 Å². The molecule has 2 heterocycles. The summed E-state index contributed by atoms with van der Waals surface area (Å²) < 4.78 is 18.5. The quantitative estimate of drug-likeness (QED) is 0.743. The van der Waals surface area contributed by atoms with Crippen LogP contribution in [0.3, 0.4) is 0 Å². The van der Waals surface area contributed by atoms with Crippen molar-refractivity contribution in [2.45, 2.75) is 19.5 Å². The Kier molecular flexibility index (Phi) is 4.98. The lowest BCUT2D eigenvalue weighted by Gasteiger charge is -2.28. The van der Waals surface area contributed by atoms with Gasteiger partial charge in [-0.3, -0.25) is 4.90 Å². The van der Waals surface area contributed by atoms with Crippen molar-refractivity contribution in [3.63, 3.8) is 0 Å². The van der Waals surface area contributed by atoms with Crippen LogP contribution in [0.15, 0.2) is 54.7 Å². The van der Waals surface area contributed by atoms with Crippen molar-refractivity contribution >= 4 is 11.6 Å². The van der Waals surface area contributed by atoms with Crippen LogP contribution in [-0.2, 0) is 19.5 Å². The Bertz CT molecular complexity index is 930. The third-order valence-electron chi connectivity index (χ3n) is 4.65. The molecular formula is C21H21FN4O. The number of nitrogens with one attached hydrogen (secondary N) is 1. The average Bonchev–Trinajstić information content (AvgIpc) is 2.69. The lowest BCUT2D eigenvalue weighted by atomic mass is 10.1. The third-order valence-corrected chi connectivity index (χ3v) is 4.65. The molecule has 0 unspecified atom stereocenters. The van der Waals surface area contributed by atoms with Crippen molar-refractivity contribution in [2.24, 2.45) is 0 Å². The van der Waals surface area contributed by atoms with Gasteiger partial charge in [0.1, 0.15) is 11.6 Å². The molecule has 138 valence electrons. The summed E-state index contributed by atoms with van der Waals surface area (Å²) in [7, 11) is 1.65. The van der Waals surface area contributed by atoms with E-state index in [0.29, 0.717) is 5.95 Å². The summed E-state index contributed by atoms with van der Waals surface area (Å²) in [5, 5.41) is 3.23. The first-order valence-corrected chi connectivity index (χ1v) is 8.92. The SMILES string of the molecule is COc1ccc(Nc2ncc3c(n2)CCN(Cc2cccc(F)c2)C3)cc1. The zero-order valence-electron chi connectivity index (χ0n) is 15.2. The average molecular weight is 364 g/mol. The van der Waals surface area contributed by atoms with Gasteiger partial charge in [0.05, 0.1) is 12.8 Å². The van der Waals surface area contributed by atoms with E-state index in [1.54, 1.807) is 19.2 Å². The van der Waals surface area contributed by atoms with Crippen LogP contribution in [0.2, 0.25) is 0 Å². The van der Waals surface area contributed by atoms with E-state index in [-0.39, 0.29) is 5.82 Å². The van der Waals surface area contributed by atoms with Gasteiger partial charge in [0.25, 0.3) is 0 Å². The highest BCUT2D eigenvalue weighted by Crippen LogP contribution is 2.22. The van der Waals surface area contributed by atoms with Crippen molar-refractivity contribution < 1.29 is 9.13 Å². The summed E-state index contributed by atoms with van der Waals surface area (Å²) >= 11 is 0. The number of rotatable bonds is 5. The van der Waals surface area contributed by atoms with Crippen LogP contribution in [0.4, 0.5) is 16.0 Å². The summed E-state index contributed by atoms with van der Waals surface area (Å²) in [6.45, 7) is 2.39. The second-order valence-corrected chi connectivity index (χ2v) is 6.61. The maximum atomic E-state index is 13.4. The molecule has 2 aromatic carbocycles. The Morgan fingerprint density at radius 1 is 1.19 bits per heavy atom. The fourth-order valence-corrected chi connectivity index (χ4v) is 3.27. The Labute approximate surface area is 157 Å². The molecule has 0 bridgehead atoms. The zero-order valence-corrected chi connectivity index (χ0v) is 15.2. The van der Waals surface area contributed by atoms with Crippen LogP contribution < -0.4 is 10.1 Å². The summed E-state index contributed by atoms with van der Waals surface area (Å²) in [5.74, 6) is 1.21. The first-order chi connectivity index (χ1) is 13.2. The summed E-state index contributed by atoms with van der Waals surface area (Å²) in [4.78, 5) is 11.4. The van der Waals surface area contributed by atoms with Crippen molar-refractivity contribution in [3.05, 3.63) is 77.4 Å². The number of hydrogen-bond acceptors (Lipinski definition) is 5. The highest BCUT2D eigenvalue weighted by Gasteiger charge is 2.18. The molecule has 0 amide bonds. The number of hydrogen-bond donors (Lipinski definition) is 1. The molecule has 5 nitrogen and oxygen atoms in total. The van der Waals surface area contributed by atoms with E-state index in [1.807, 2.05) is 36.5 Å². The van der Waals surface area contributed by atoms with Crippen LogP contribution in [-0.4, -0.2) is 28.5 Å². The molecule has 1 aromatic heterocycles. The smallest absolute Gasteiger partial charge is 0.227 e. The number of benzene rings is 2. The number of methoxy groups -OCH3 is 1. The molecule has 0 spiro atoms. The minimum Gasteiger partial charge on any atom is -0.497 e. The Hall–Kier alpha value is -2.99. The highest BCUT2D eigenvalue weighted by molar-refractivity contribution is 5.54. The molecule has 1 aliphatic rings. The standard InChI is InChI=1S/C21H21FN4O/c1-27-19-7-5-18(6-8-19)24-21-23-12-16-14-26(10-9-20(16)25-21)13-15-3-2-4-17(22)11-15/h2-8,11-12H,9-10,13-14H2,1H3,(H,23,24,25). The van der Waals surface area contributed by atoms with E-state index in [9.17, 15) is 4.39 Å². The van der Waals surface area contributed by atoms with Crippen LogP contribution in [0.1, 0.15) is 16.8 Å². The molecule has 27 heavy (non-hydrogen) atoms. The van der Waals surface area contributed by atoms with E-state index in [1.165, 1.54) is 6.07 Å². The van der Waals surface area contributed by atoms with Gasteiger partial charge in [0.2, 0.25) is 5.95 Å². The zero-order chi connectivity index (χ0) is 18.6. The van der Waals surface area contributed by atoms with E-state index in [4.69, 9.17) is 4.74 Å². The Morgan fingerprint density at radius 2 is 2.04 bits per heavy atom. The molecule has 1 N–H and O–H groups in total. The van der Waals surface area contributed by atoms with E-state index in [2.05, 4.69) is 20.2 Å². The van der Waals surface area contributed by atoms with E-state index < -0.39 is 0 Å². The summed E-state index contributed by atoms with van der Waals surface area (Å²) in [6, 6.07) is 14.4. The second kappa shape index (κ2) is 7.72. The topological polar surface area (TPSA) is 50.3 Å². The molecule has 0 saturated carbocycles. The number of anilines is 2. The molecule has 4 rings (SSSR count). The first-order valence-electron chi connectivity index (χ1n) is 8.92. The van der Waals surface area contributed by atoms with Crippen LogP contribution >= 0.6 is 0 Å². The van der Waals surface area contributed by atoms with Gasteiger partial charge in [-0.2, -0.15) is 0 Å². The van der Waals surface area contributed by atoms with Crippen molar-refractivity contribution in [3.8, 4) is 5.75 Å². The Morgan fingerprint density at radius 3 is 2.81 bits per heavy atom. The number of aromatic nitrogens is 2. The minimum atomic E-state index is -0.192. The normalized spacial score (nSPS) is 13.9. The molecule has 0 radical (unpaired) electrons. The maximum Gasteiger partial charge on any atom is 0.227 e. The van der Waals surface area contributed by atoms with Gasteiger partial charge >= 0.3 is 0 Å². The molecule has 0 aliphatic carbocycles. The fourth-order valence-electron chi connectivity index (χ4n) is 3.27. The third kappa shape index (κ3) is 4.23. The van der Waals surface area contributed by atoms with Crippen LogP contribution in [0.5, 0.6) is 5.75 Å². The lowest BCUT2D eigenvalue weighted by Crippen LogP contribution is -2.31. The van der Waals surface area contributed by atoms with E-state index in [0.717, 1.165) is 54.3 Å². The minimum absolute atomic E-state index is 0.192. The van der Waals surface area contributed by atoms with Gasteiger partial charge < -0.3 is 10.1 Å². The van der Waals surface area contributed by atoms with Gasteiger partial charge in [-0.25, -0.2) is 14.4 Å². The monoisotopic (exact) mass is 364 g/mol. The van der Waals surface area contributed by atoms with Crippen molar-refractivity contribution in [1.82, 2.24) is 14.9 Å². The Balaban J connectivity index is 1.43. The van der Waals surface area contributed by atoms with Crippen molar-refractivity contribution in [2.75, 3.05) is 19.0 Å². The molecule has 0 fully saturated rings. The number of halogens is 1. The van der Waals surface area contributed by atoms with Crippen LogP contribution in [0.25, 0.3) is 0 Å². The van der Waals surface area contributed by atoms with Crippen LogP contribution in [0, 0.1) is 5.82 Å². The fraction of sp³-hybridized carbons (Fsp3) is 0.238. The van der Waals surface area contributed by atoms with Gasteiger partial charge in [-0.05, 0) is 42.0 Å². The predicted octanol–water partition coefficient (Wildman–Crippen LogP) is 3.93. The van der Waals surface area contributed by atoms with Gasteiger partial charge in [-0.15, -0.1) is 0 Å². The second-order valence-electron chi connectivity index (χ2n) is 6.61. The molecule has 1 aliphatic heterocycles. The first kappa shape index (κ1) is 17.4. The summed E-state index contributed by atoms with van der Waals surface area (Å²) in [6.07, 6.45) is 2.73. The molecule has 6 heteroatoms. The molecule has 3 aromatic rings. The highest BCUT2D eigenvalue weighted by atomic mass is 19.1. The predicted molar refractivity (Wildman–Crippen MR) is 103 cm³/mol. The largest absolute Gasteiger partial charge is 0.497 e.